The van der Waals surface area contributed by atoms with Crippen molar-refractivity contribution in [2.24, 2.45) is 0 Å². The van der Waals surface area contributed by atoms with Crippen molar-refractivity contribution in [2.45, 2.75) is 6.92 Å². The number of amides is 2. The van der Waals surface area contributed by atoms with Crippen LogP contribution in [0, 0.1) is 17.1 Å². The first-order valence-corrected chi connectivity index (χ1v) is 10.6. The quantitative estimate of drug-likeness (QED) is 0.341. The lowest BCUT2D eigenvalue weighted by molar-refractivity contribution is -0.123. The molecule has 0 saturated carbocycles. The molecule has 0 aliphatic carbocycles. The van der Waals surface area contributed by atoms with Crippen molar-refractivity contribution >= 4 is 23.4 Å². The van der Waals surface area contributed by atoms with Gasteiger partial charge in [-0.25, -0.2) is 4.39 Å². The van der Waals surface area contributed by atoms with Gasteiger partial charge >= 0.3 is 0 Å². The van der Waals surface area contributed by atoms with Gasteiger partial charge in [0.1, 0.15) is 17.5 Å². The van der Waals surface area contributed by atoms with Gasteiger partial charge in [0.2, 0.25) is 0 Å². The molecule has 2 amide bonds. The second-order valence-corrected chi connectivity index (χ2v) is 7.83. The molecule has 172 valence electrons. The highest BCUT2D eigenvalue weighted by Gasteiger charge is 2.26. The zero-order valence-corrected chi connectivity index (χ0v) is 19.5. The van der Waals surface area contributed by atoms with E-state index in [1.165, 1.54) is 41.4 Å². The van der Waals surface area contributed by atoms with E-state index in [0.717, 1.165) is 5.57 Å². The van der Waals surface area contributed by atoms with Crippen LogP contribution in [0.5, 0.6) is 0 Å². The molecule has 0 unspecified atom stereocenters. The van der Waals surface area contributed by atoms with Crippen molar-refractivity contribution in [1.29, 1.82) is 5.26 Å². The van der Waals surface area contributed by atoms with E-state index in [2.05, 4.69) is 13.2 Å². The third kappa shape index (κ3) is 6.67. The fourth-order valence-corrected chi connectivity index (χ4v) is 3.24. The summed E-state index contributed by atoms with van der Waals surface area (Å²) in [5, 5.41) is 10.1. The third-order valence-corrected chi connectivity index (χ3v) is 5.48. The normalized spacial score (nSPS) is 15.1. The molecule has 0 bridgehead atoms. The second kappa shape index (κ2) is 11.8. The molecule has 1 heterocycles. The first-order chi connectivity index (χ1) is 15.7. The number of nitrogens with zero attached hydrogens (tertiary/aromatic N) is 4. The highest BCUT2D eigenvalue weighted by Crippen LogP contribution is 2.18. The summed E-state index contributed by atoms with van der Waals surface area (Å²) in [6.07, 6.45) is 6.36. The number of piperazine rings is 1. The predicted molar refractivity (Wildman–Crippen MR) is 127 cm³/mol. The van der Waals surface area contributed by atoms with E-state index in [4.69, 9.17) is 11.6 Å². The van der Waals surface area contributed by atoms with Crippen molar-refractivity contribution in [3.63, 3.8) is 0 Å². The minimum absolute atomic E-state index is 0.0436. The fourth-order valence-electron chi connectivity index (χ4n) is 3.18. The van der Waals surface area contributed by atoms with Gasteiger partial charge in [-0.3, -0.25) is 9.59 Å². The van der Waals surface area contributed by atoms with Gasteiger partial charge in [-0.1, -0.05) is 30.8 Å². The van der Waals surface area contributed by atoms with E-state index in [0.29, 0.717) is 42.5 Å². The monoisotopic (exact) mass is 468 g/mol. The van der Waals surface area contributed by atoms with Crippen LogP contribution in [0.15, 0.2) is 83.7 Å². The number of hydrogen-bond acceptors (Lipinski definition) is 4. The van der Waals surface area contributed by atoms with Crippen molar-refractivity contribution in [3.05, 3.63) is 95.1 Å². The second-order valence-electron chi connectivity index (χ2n) is 7.37. The Morgan fingerprint density at radius 2 is 1.76 bits per heavy atom. The maximum atomic E-state index is 13.1. The highest BCUT2D eigenvalue weighted by molar-refractivity contribution is 6.31. The van der Waals surface area contributed by atoms with Crippen molar-refractivity contribution in [2.75, 3.05) is 33.2 Å². The molecular formula is C25H26ClFN4O2. The summed E-state index contributed by atoms with van der Waals surface area (Å²) in [7, 11) is 1.55. The van der Waals surface area contributed by atoms with Crippen LogP contribution in [-0.2, 0) is 4.79 Å². The van der Waals surface area contributed by atoms with Crippen LogP contribution in [0.4, 0.5) is 4.39 Å². The van der Waals surface area contributed by atoms with Gasteiger partial charge in [-0.2, -0.15) is 5.26 Å². The van der Waals surface area contributed by atoms with E-state index in [1.807, 2.05) is 11.0 Å². The van der Waals surface area contributed by atoms with Gasteiger partial charge in [0.05, 0.1) is 5.70 Å². The molecule has 1 aliphatic rings. The molecule has 0 aromatic heterocycles. The van der Waals surface area contributed by atoms with Gasteiger partial charge < -0.3 is 14.7 Å². The lowest BCUT2D eigenvalue weighted by atomic mass is 10.1. The number of allylic oxidation sites excluding steroid dienone is 5. The molecule has 1 aromatic carbocycles. The third-order valence-electron chi connectivity index (χ3n) is 5.18. The van der Waals surface area contributed by atoms with Crippen LogP contribution in [0.3, 0.4) is 0 Å². The van der Waals surface area contributed by atoms with E-state index >= 15 is 0 Å². The Morgan fingerprint density at radius 3 is 2.27 bits per heavy atom. The first-order valence-electron chi connectivity index (χ1n) is 10.2. The average molecular weight is 469 g/mol. The zero-order valence-electron chi connectivity index (χ0n) is 18.7. The van der Waals surface area contributed by atoms with Crippen LogP contribution in [0.2, 0.25) is 0 Å². The number of hydrogen-bond donors (Lipinski definition) is 0. The summed E-state index contributed by atoms with van der Waals surface area (Å²) >= 11 is 5.81. The summed E-state index contributed by atoms with van der Waals surface area (Å²) in [5.74, 6) is -1.08. The van der Waals surface area contributed by atoms with E-state index in [9.17, 15) is 19.2 Å². The van der Waals surface area contributed by atoms with Gasteiger partial charge in [0.15, 0.2) is 0 Å². The molecule has 0 N–H and O–H groups in total. The number of likely N-dealkylation sites (N-methyl/N-ethyl adjacent to an activating group) is 1. The average Bonchev–Trinajstić information content (AvgIpc) is 2.82. The minimum atomic E-state index is -0.482. The lowest BCUT2D eigenvalue weighted by Crippen LogP contribution is -2.48. The number of benzene rings is 1. The maximum Gasteiger partial charge on any atom is 0.270 e. The molecule has 1 fully saturated rings. The number of carbonyl (C=O) groups is 2. The number of halogens is 2. The molecule has 33 heavy (non-hydrogen) atoms. The van der Waals surface area contributed by atoms with Crippen LogP contribution in [0.1, 0.15) is 17.3 Å². The maximum absolute atomic E-state index is 13.1. The smallest absolute Gasteiger partial charge is 0.270 e. The van der Waals surface area contributed by atoms with Crippen molar-refractivity contribution in [1.82, 2.24) is 14.7 Å². The van der Waals surface area contributed by atoms with Gasteiger partial charge in [-0.15, -0.1) is 0 Å². The molecule has 8 heteroatoms. The summed E-state index contributed by atoms with van der Waals surface area (Å²) in [4.78, 5) is 30.3. The first kappa shape index (κ1) is 25.6. The Labute approximate surface area is 198 Å². The largest absolute Gasteiger partial charge is 0.367 e. The Hall–Kier alpha value is -3.63. The predicted octanol–water partition coefficient (Wildman–Crippen LogP) is 4.22. The number of rotatable bonds is 7. The Balaban J connectivity index is 2.12. The van der Waals surface area contributed by atoms with Crippen LogP contribution >= 0.6 is 11.6 Å². The number of nitriles is 1. The van der Waals surface area contributed by atoms with Gasteiger partial charge in [-0.05, 0) is 48.9 Å². The van der Waals surface area contributed by atoms with Crippen LogP contribution in [-0.4, -0.2) is 59.7 Å². The minimum Gasteiger partial charge on any atom is -0.367 e. The van der Waals surface area contributed by atoms with E-state index < -0.39 is 11.7 Å². The Morgan fingerprint density at radius 1 is 1.18 bits per heavy atom. The van der Waals surface area contributed by atoms with Gasteiger partial charge in [0.25, 0.3) is 11.8 Å². The zero-order chi connectivity index (χ0) is 24.5. The van der Waals surface area contributed by atoms with Crippen LogP contribution in [0.25, 0.3) is 0 Å². The molecule has 6 nitrogen and oxygen atoms in total. The Kier molecular flexibility index (Phi) is 9.19. The number of carbonyl (C=O) groups excluding carboxylic acids is 2. The van der Waals surface area contributed by atoms with Crippen LogP contribution < -0.4 is 0 Å². The molecule has 0 atom stereocenters. The van der Waals surface area contributed by atoms with E-state index in [1.54, 1.807) is 31.0 Å². The molecule has 0 spiro atoms. The molecule has 1 aliphatic heterocycles. The fraction of sp³-hybridized carbons (Fsp3) is 0.240. The topological polar surface area (TPSA) is 67.7 Å². The summed E-state index contributed by atoms with van der Waals surface area (Å²) in [5.41, 5.74) is 1.53. The highest BCUT2D eigenvalue weighted by atomic mass is 35.5. The van der Waals surface area contributed by atoms with Gasteiger partial charge in [0, 0.05) is 50.0 Å². The van der Waals surface area contributed by atoms with E-state index in [-0.39, 0.29) is 11.5 Å². The molecule has 0 radical (unpaired) electrons. The molecule has 1 saturated heterocycles. The standard InChI is InChI=1S/C25H26ClFN4O2/c1-5-23(22(17-28)25(33)29(4)12-6-7-18(2)19(3)26)30-13-15-31(16-14-30)24(32)20-8-10-21(27)11-9-20/h5-12H,1,3,13-16H2,2,4H3/b12-6+,18-7-,23-22+. The Bertz CT molecular complexity index is 1060. The summed E-state index contributed by atoms with van der Waals surface area (Å²) < 4.78 is 13.1. The lowest BCUT2D eigenvalue weighted by Gasteiger charge is -2.37. The summed E-state index contributed by atoms with van der Waals surface area (Å²) in [6, 6.07) is 7.40. The molecular weight excluding hydrogens is 443 g/mol. The van der Waals surface area contributed by atoms with Crippen molar-refractivity contribution < 1.29 is 14.0 Å². The SMILES string of the molecule is C=C/C(=C(/C#N)C(=O)N(C)/C=C/C=C(/C)C(=C)Cl)N1CCN(C(=O)c2ccc(F)cc2)CC1. The van der Waals surface area contributed by atoms with Crippen molar-refractivity contribution in [3.8, 4) is 6.07 Å². The summed E-state index contributed by atoms with van der Waals surface area (Å²) in [6.45, 7) is 10.8. The molecule has 1 aromatic rings. The molecule has 2 rings (SSSR count).